The molecule has 7 heteroatoms. The summed E-state index contributed by atoms with van der Waals surface area (Å²) in [5, 5.41) is 0. The summed E-state index contributed by atoms with van der Waals surface area (Å²) in [4.78, 5) is 31.5. The molecule has 2 aromatic rings. The first-order chi connectivity index (χ1) is 15.1. The Bertz CT molecular complexity index is 935. The van der Waals surface area contributed by atoms with Crippen LogP contribution in [0.1, 0.15) is 23.2 Å². The third kappa shape index (κ3) is 4.65. The number of amides is 2. The molecule has 6 nitrogen and oxygen atoms in total. The van der Waals surface area contributed by atoms with Crippen LogP contribution in [0, 0.1) is 11.7 Å². The molecule has 0 spiro atoms. The Labute approximate surface area is 182 Å². The molecule has 0 aromatic heterocycles. The van der Waals surface area contributed by atoms with E-state index in [0.29, 0.717) is 69.1 Å². The van der Waals surface area contributed by atoms with Crippen molar-refractivity contribution in [3.8, 4) is 5.75 Å². The predicted octanol–water partition coefficient (Wildman–Crippen LogP) is 3.04. The lowest BCUT2D eigenvalue weighted by atomic mass is 9.94. The highest BCUT2D eigenvalue weighted by atomic mass is 19.1. The number of para-hydroxylation sites is 1. The average molecular weight is 426 g/mol. The Balaban J connectivity index is 1.29. The third-order valence-corrected chi connectivity index (χ3v) is 6.23. The van der Waals surface area contributed by atoms with Crippen LogP contribution in [0.5, 0.6) is 5.75 Å². The van der Waals surface area contributed by atoms with E-state index in [1.54, 1.807) is 31.4 Å². The van der Waals surface area contributed by atoms with Gasteiger partial charge in [0.05, 0.1) is 12.8 Å². The average Bonchev–Trinajstić information content (AvgIpc) is 2.84. The Hall–Kier alpha value is -3.09. The minimum absolute atomic E-state index is 0.0247. The van der Waals surface area contributed by atoms with E-state index in [1.807, 2.05) is 32.9 Å². The van der Waals surface area contributed by atoms with Gasteiger partial charge in [-0.25, -0.2) is 4.39 Å². The number of hydrogen-bond donors (Lipinski definition) is 0. The van der Waals surface area contributed by atoms with Crippen molar-refractivity contribution >= 4 is 17.5 Å². The van der Waals surface area contributed by atoms with Crippen molar-refractivity contribution in [2.75, 3.05) is 51.3 Å². The van der Waals surface area contributed by atoms with Gasteiger partial charge in [0.2, 0.25) is 5.91 Å². The van der Waals surface area contributed by atoms with Crippen LogP contribution in [0.25, 0.3) is 0 Å². The summed E-state index contributed by atoms with van der Waals surface area (Å²) in [5.41, 5.74) is 1.20. The Morgan fingerprint density at radius 3 is 2.29 bits per heavy atom. The minimum Gasteiger partial charge on any atom is -0.497 e. The molecule has 2 aliphatic heterocycles. The SMILES string of the molecule is COc1cccc(C(=O)N2CCC(C(=O)N3CCN(c4ccccc4F)CC3)CC2)c1. The van der Waals surface area contributed by atoms with Crippen molar-refractivity contribution < 1.29 is 18.7 Å². The number of halogens is 1. The molecule has 2 aromatic carbocycles. The fraction of sp³-hybridized carbons (Fsp3) is 0.417. The van der Waals surface area contributed by atoms with Crippen LogP contribution in [-0.2, 0) is 4.79 Å². The molecule has 0 bridgehead atoms. The molecule has 2 aliphatic rings. The van der Waals surface area contributed by atoms with Crippen molar-refractivity contribution in [3.05, 3.63) is 59.9 Å². The van der Waals surface area contributed by atoms with Gasteiger partial charge < -0.3 is 19.4 Å². The van der Waals surface area contributed by atoms with Gasteiger partial charge in [-0.1, -0.05) is 18.2 Å². The van der Waals surface area contributed by atoms with E-state index in [-0.39, 0.29) is 23.5 Å². The van der Waals surface area contributed by atoms with Crippen LogP contribution in [0.3, 0.4) is 0 Å². The predicted molar refractivity (Wildman–Crippen MR) is 117 cm³/mol. The number of methoxy groups -OCH3 is 1. The smallest absolute Gasteiger partial charge is 0.253 e. The van der Waals surface area contributed by atoms with Crippen molar-refractivity contribution in [2.24, 2.45) is 5.92 Å². The number of anilines is 1. The van der Waals surface area contributed by atoms with Gasteiger partial charge in [-0.15, -0.1) is 0 Å². The largest absolute Gasteiger partial charge is 0.497 e. The van der Waals surface area contributed by atoms with Gasteiger partial charge in [-0.3, -0.25) is 9.59 Å². The lowest BCUT2D eigenvalue weighted by Gasteiger charge is -2.39. The zero-order valence-corrected chi connectivity index (χ0v) is 17.8. The highest BCUT2D eigenvalue weighted by Crippen LogP contribution is 2.25. The van der Waals surface area contributed by atoms with Gasteiger partial charge >= 0.3 is 0 Å². The van der Waals surface area contributed by atoms with E-state index in [0.717, 1.165) is 0 Å². The fourth-order valence-corrected chi connectivity index (χ4v) is 4.40. The molecule has 0 saturated carbocycles. The standard InChI is InChI=1S/C24H28FN3O3/c1-31-20-6-4-5-19(17-20)24(30)27-11-9-18(10-12-27)23(29)28-15-13-26(14-16-28)22-8-3-2-7-21(22)25/h2-8,17-18H,9-16H2,1H3. The topological polar surface area (TPSA) is 53.1 Å². The number of carbonyl (C=O) groups is 2. The van der Waals surface area contributed by atoms with Crippen molar-refractivity contribution in [3.63, 3.8) is 0 Å². The number of ether oxygens (including phenoxy) is 1. The molecule has 0 N–H and O–H groups in total. The molecule has 31 heavy (non-hydrogen) atoms. The van der Waals surface area contributed by atoms with Crippen molar-refractivity contribution in [1.29, 1.82) is 0 Å². The van der Waals surface area contributed by atoms with Crippen molar-refractivity contribution in [1.82, 2.24) is 9.80 Å². The van der Waals surface area contributed by atoms with E-state index in [1.165, 1.54) is 6.07 Å². The summed E-state index contributed by atoms with van der Waals surface area (Å²) in [5.74, 6) is 0.500. The van der Waals surface area contributed by atoms with Gasteiger partial charge in [0.25, 0.3) is 5.91 Å². The first kappa shape index (κ1) is 21.2. The number of nitrogens with zero attached hydrogens (tertiary/aromatic N) is 3. The van der Waals surface area contributed by atoms with E-state index in [2.05, 4.69) is 0 Å². The molecule has 0 aliphatic carbocycles. The molecule has 2 fully saturated rings. The van der Waals surface area contributed by atoms with E-state index in [4.69, 9.17) is 4.74 Å². The first-order valence-electron chi connectivity index (χ1n) is 10.8. The molecule has 4 rings (SSSR count). The minimum atomic E-state index is -0.227. The maximum atomic E-state index is 14.0. The summed E-state index contributed by atoms with van der Waals surface area (Å²) in [6, 6.07) is 13.9. The molecule has 2 saturated heterocycles. The summed E-state index contributed by atoms with van der Waals surface area (Å²) in [6.07, 6.45) is 1.34. The van der Waals surface area contributed by atoms with Gasteiger partial charge in [-0.05, 0) is 43.2 Å². The number of carbonyl (C=O) groups excluding carboxylic acids is 2. The number of benzene rings is 2. The van der Waals surface area contributed by atoms with Gasteiger partial charge in [0.15, 0.2) is 0 Å². The lowest BCUT2D eigenvalue weighted by molar-refractivity contribution is -0.137. The number of likely N-dealkylation sites (tertiary alicyclic amines) is 1. The van der Waals surface area contributed by atoms with E-state index >= 15 is 0 Å². The molecule has 164 valence electrons. The van der Waals surface area contributed by atoms with Crippen LogP contribution in [0.2, 0.25) is 0 Å². The molecular weight excluding hydrogens is 397 g/mol. The Morgan fingerprint density at radius 1 is 0.903 bits per heavy atom. The number of hydrogen-bond acceptors (Lipinski definition) is 4. The third-order valence-electron chi connectivity index (χ3n) is 6.23. The maximum absolute atomic E-state index is 14.0. The van der Waals surface area contributed by atoms with Crippen LogP contribution in [-0.4, -0.2) is 68.0 Å². The lowest BCUT2D eigenvalue weighted by Crippen LogP contribution is -2.52. The number of piperidine rings is 1. The van der Waals surface area contributed by atoms with Gasteiger partial charge in [-0.2, -0.15) is 0 Å². The van der Waals surface area contributed by atoms with Gasteiger partial charge in [0, 0.05) is 50.7 Å². The maximum Gasteiger partial charge on any atom is 0.253 e. The van der Waals surface area contributed by atoms with E-state index in [9.17, 15) is 14.0 Å². The molecule has 2 amide bonds. The number of piperazine rings is 1. The number of rotatable bonds is 4. The zero-order chi connectivity index (χ0) is 21.8. The zero-order valence-electron chi connectivity index (χ0n) is 17.8. The van der Waals surface area contributed by atoms with E-state index < -0.39 is 0 Å². The van der Waals surface area contributed by atoms with Crippen LogP contribution in [0.15, 0.2) is 48.5 Å². The second-order valence-electron chi connectivity index (χ2n) is 8.06. The molecule has 0 atom stereocenters. The van der Waals surface area contributed by atoms with Crippen LogP contribution < -0.4 is 9.64 Å². The highest BCUT2D eigenvalue weighted by Gasteiger charge is 2.32. The van der Waals surface area contributed by atoms with Gasteiger partial charge in [0.1, 0.15) is 11.6 Å². The summed E-state index contributed by atoms with van der Waals surface area (Å²) in [7, 11) is 1.58. The Morgan fingerprint density at radius 2 is 1.61 bits per heavy atom. The highest BCUT2D eigenvalue weighted by molar-refractivity contribution is 5.94. The fourth-order valence-electron chi connectivity index (χ4n) is 4.40. The van der Waals surface area contributed by atoms with Crippen LogP contribution >= 0.6 is 0 Å². The van der Waals surface area contributed by atoms with Crippen molar-refractivity contribution in [2.45, 2.75) is 12.8 Å². The Kier molecular flexibility index (Phi) is 6.39. The summed E-state index contributed by atoms with van der Waals surface area (Å²) < 4.78 is 19.2. The second-order valence-corrected chi connectivity index (χ2v) is 8.06. The second kappa shape index (κ2) is 9.37. The molecule has 0 unspecified atom stereocenters. The molecular formula is C24H28FN3O3. The molecule has 0 radical (unpaired) electrons. The summed E-state index contributed by atoms with van der Waals surface area (Å²) in [6.45, 7) is 3.58. The first-order valence-corrected chi connectivity index (χ1v) is 10.8. The summed E-state index contributed by atoms with van der Waals surface area (Å²) >= 11 is 0. The quantitative estimate of drug-likeness (QED) is 0.756. The monoisotopic (exact) mass is 425 g/mol. The van der Waals surface area contributed by atoms with Crippen LogP contribution in [0.4, 0.5) is 10.1 Å². The normalized spacial score (nSPS) is 17.5. The molecule has 2 heterocycles.